The van der Waals surface area contributed by atoms with Gasteiger partial charge in [-0.05, 0) is 24.9 Å². The van der Waals surface area contributed by atoms with E-state index in [4.69, 9.17) is 9.52 Å². The zero-order valence-corrected chi connectivity index (χ0v) is 11.2. The van der Waals surface area contributed by atoms with E-state index in [0.717, 1.165) is 13.0 Å². The molecule has 1 aromatic heterocycles. The maximum Gasteiger partial charge on any atom is 0.339 e. The van der Waals surface area contributed by atoms with E-state index >= 15 is 0 Å². The lowest BCUT2D eigenvalue weighted by molar-refractivity contribution is 0.0694. The first-order valence-electron chi connectivity index (χ1n) is 6.69. The van der Waals surface area contributed by atoms with Crippen molar-refractivity contribution in [1.29, 1.82) is 0 Å². The number of rotatable bonds is 9. The molecule has 1 aromatic rings. The Bertz CT molecular complexity index is 360. The molecule has 1 unspecified atom stereocenters. The van der Waals surface area contributed by atoms with Crippen LogP contribution < -0.4 is 5.32 Å². The number of hydrogen-bond donors (Lipinski definition) is 2. The summed E-state index contributed by atoms with van der Waals surface area (Å²) < 4.78 is 5.18. The first-order valence-corrected chi connectivity index (χ1v) is 6.69. The molecular formula is C14H23NO3. The van der Waals surface area contributed by atoms with Crippen LogP contribution in [0.5, 0.6) is 0 Å². The SMILES string of the molecule is CCCCC(CC)CNCc1occc1C(=O)O. The van der Waals surface area contributed by atoms with Gasteiger partial charge in [0.25, 0.3) is 0 Å². The highest BCUT2D eigenvalue weighted by atomic mass is 16.4. The minimum atomic E-state index is -0.932. The molecule has 0 aliphatic carbocycles. The maximum atomic E-state index is 10.9. The third-order valence-corrected chi connectivity index (χ3v) is 3.24. The van der Waals surface area contributed by atoms with Crippen LogP contribution >= 0.6 is 0 Å². The van der Waals surface area contributed by atoms with Crippen molar-refractivity contribution in [1.82, 2.24) is 5.32 Å². The summed E-state index contributed by atoms with van der Waals surface area (Å²) >= 11 is 0. The Morgan fingerprint density at radius 3 is 2.89 bits per heavy atom. The fourth-order valence-electron chi connectivity index (χ4n) is 2.00. The molecule has 1 atom stereocenters. The molecule has 0 aliphatic rings. The summed E-state index contributed by atoms with van der Waals surface area (Å²) in [4.78, 5) is 10.9. The molecule has 4 heteroatoms. The minimum absolute atomic E-state index is 0.254. The van der Waals surface area contributed by atoms with Gasteiger partial charge in [-0.25, -0.2) is 4.79 Å². The van der Waals surface area contributed by atoms with Gasteiger partial charge in [-0.2, -0.15) is 0 Å². The minimum Gasteiger partial charge on any atom is -0.478 e. The number of hydrogen-bond acceptors (Lipinski definition) is 3. The normalized spacial score (nSPS) is 12.6. The zero-order valence-electron chi connectivity index (χ0n) is 11.2. The summed E-state index contributed by atoms with van der Waals surface area (Å²) in [6.45, 7) is 5.78. The monoisotopic (exact) mass is 253 g/mol. The lowest BCUT2D eigenvalue weighted by Gasteiger charge is -2.14. The molecule has 18 heavy (non-hydrogen) atoms. The van der Waals surface area contributed by atoms with Gasteiger partial charge >= 0.3 is 5.97 Å². The Balaban J connectivity index is 2.35. The van der Waals surface area contributed by atoms with Gasteiger partial charge in [-0.3, -0.25) is 0 Å². The van der Waals surface area contributed by atoms with Crippen molar-refractivity contribution in [3.05, 3.63) is 23.7 Å². The van der Waals surface area contributed by atoms with Gasteiger partial charge in [0.1, 0.15) is 11.3 Å². The molecular weight excluding hydrogens is 230 g/mol. The van der Waals surface area contributed by atoms with Gasteiger partial charge in [0, 0.05) is 0 Å². The molecule has 0 bridgehead atoms. The summed E-state index contributed by atoms with van der Waals surface area (Å²) in [5.74, 6) is 0.236. The molecule has 0 amide bonds. The van der Waals surface area contributed by atoms with Gasteiger partial charge in [-0.15, -0.1) is 0 Å². The number of unbranched alkanes of at least 4 members (excludes halogenated alkanes) is 1. The summed E-state index contributed by atoms with van der Waals surface area (Å²) in [5, 5.41) is 12.2. The molecule has 0 aliphatic heterocycles. The van der Waals surface area contributed by atoms with Crippen molar-refractivity contribution in [2.75, 3.05) is 6.54 Å². The molecule has 2 N–H and O–H groups in total. The van der Waals surface area contributed by atoms with Crippen molar-refractivity contribution in [2.45, 2.75) is 46.1 Å². The molecule has 1 heterocycles. The van der Waals surface area contributed by atoms with E-state index < -0.39 is 5.97 Å². The van der Waals surface area contributed by atoms with E-state index in [1.54, 1.807) is 0 Å². The van der Waals surface area contributed by atoms with Crippen LogP contribution in [0.3, 0.4) is 0 Å². The van der Waals surface area contributed by atoms with Crippen LogP contribution in [-0.2, 0) is 6.54 Å². The number of nitrogens with one attached hydrogen (secondary N) is 1. The summed E-state index contributed by atoms with van der Waals surface area (Å²) in [6, 6.07) is 1.49. The Morgan fingerprint density at radius 2 is 2.28 bits per heavy atom. The average molecular weight is 253 g/mol. The average Bonchev–Trinajstić information content (AvgIpc) is 2.82. The largest absolute Gasteiger partial charge is 0.478 e. The summed E-state index contributed by atoms with van der Waals surface area (Å²) in [5.41, 5.74) is 0.254. The number of carbonyl (C=O) groups is 1. The quantitative estimate of drug-likeness (QED) is 0.709. The second kappa shape index (κ2) is 7.93. The summed E-state index contributed by atoms with van der Waals surface area (Å²) in [6.07, 6.45) is 6.27. The van der Waals surface area contributed by atoms with E-state index in [2.05, 4.69) is 19.2 Å². The van der Waals surface area contributed by atoms with E-state index in [0.29, 0.717) is 18.2 Å². The fraction of sp³-hybridized carbons (Fsp3) is 0.643. The molecule has 0 saturated carbocycles. The van der Waals surface area contributed by atoms with E-state index in [1.807, 2.05) is 0 Å². The van der Waals surface area contributed by atoms with Crippen LogP contribution in [0.2, 0.25) is 0 Å². The van der Waals surface area contributed by atoms with Crippen molar-refractivity contribution < 1.29 is 14.3 Å². The summed E-state index contributed by atoms with van der Waals surface area (Å²) in [7, 11) is 0. The predicted octanol–water partition coefficient (Wildman–Crippen LogP) is 3.28. The molecule has 0 radical (unpaired) electrons. The second-order valence-electron chi connectivity index (χ2n) is 4.61. The topological polar surface area (TPSA) is 62.5 Å². The van der Waals surface area contributed by atoms with Gasteiger partial charge in [0.15, 0.2) is 0 Å². The first kappa shape index (κ1) is 14.8. The maximum absolute atomic E-state index is 10.9. The lowest BCUT2D eigenvalue weighted by atomic mass is 9.99. The van der Waals surface area contributed by atoms with Crippen molar-refractivity contribution >= 4 is 5.97 Å². The molecule has 1 rings (SSSR count). The number of furan rings is 1. The standard InChI is InChI=1S/C14H23NO3/c1-3-5-6-11(4-2)9-15-10-13-12(14(16)17)7-8-18-13/h7-8,11,15H,3-6,9-10H2,1-2H3,(H,16,17). The third kappa shape index (κ3) is 4.53. The van der Waals surface area contributed by atoms with Crippen LogP contribution in [0.1, 0.15) is 55.6 Å². The smallest absolute Gasteiger partial charge is 0.339 e. The van der Waals surface area contributed by atoms with Gasteiger partial charge in [0.05, 0.1) is 12.8 Å². The van der Waals surface area contributed by atoms with Crippen LogP contribution in [0.25, 0.3) is 0 Å². The van der Waals surface area contributed by atoms with Crippen LogP contribution in [0, 0.1) is 5.92 Å². The Labute approximate surface area is 108 Å². The number of carboxylic acids is 1. The Hall–Kier alpha value is -1.29. The van der Waals surface area contributed by atoms with Gasteiger partial charge in [0.2, 0.25) is 0 Å². The van der Waals surface area contributed by atoms with E-state index in [9.17, 15) is 4.79 Å². The van der Waals surface area contributed by atoms with Crippen LogP contribution in [-0.4, -0.2) is 17.6 Å². The highest BCUT2D eigenvalue weighted by molar-refractivity contribution is 5.88. The van der Waals surface area contributed by atoms with Crippen LogP contribution in [0.4, 0.5) is 0 Å². The fourth-order valence-corrected chi connectivity index (χ4v) is 2.00. The molecule has 0 spiro atoms. The molecule has 0 fully saturated rings. The highest BCUT2D eigenvalue weighted by Gasteiger charge is 2.13. The Kier molecular flexibility index (Phi) is 6.50. The number of carboxylic acid groups (broad SMARTS) is 1. The van der Waals surface area contributed by atoms with Crippen molar-refractivity contribution in [3.63, 3.8) is 0 Å². The van der Waals surface area contributed by atoms with Gasteiger partial charge in [-0.1, -0.05) is 33.1 Å². The predicted molar refractivity (Wildman–Crippen MR) is 70.7 cm³/mol. The second-order valence-corrected chi connectivity index (χ2v) is 4.61. The van der Waals surface area contributed by atoms with Gasteiger partial charge < -0.3 is 14.8 Å². The van der Waals surface area contributed by atoms with Crippen LogP contribution in [0.15, 0.2) is 16.7 Å². The highest BCUT2D eigenvalue weighted by Crippen LogP contribution is 2.13. The first-order chi connectivity index (χ1) is 8.69. The number of aromatic carboxylic acids is 1. The zero-order chi connectivity index (χ0) is 13.4. The van der Waals surface area contributed by atoms with E-state index in [-0.39, 0.29) is 5.56 Å². The third-order valence-electron chi connectivity index (χ3n) is 3.24. The van der Waals surface area contributed by atoms with E-state index in [1.165, 1.54) is 31.6 Å². The lowest BCUT2D eigenvalue weighted by Crippen LogP contribution is -2.22. The van der Waals surface area contributed by atoms with Crippen molar-refractivity contribution in [2.24, 2.45) is 5.92 Å². The molecule has 102 valence electrons. The molecule has 0 saturated heterocycles. The Morgan fingerprint density at radius 1 is 1.50 bits per heavy atom. The van der Waals surface area contributed by atoms with Crippen molar-refractivity contribution in [3.8, 4) is 0 Å². The molecule has 0 aromatic carbocycles. The molecule has 4 nitrogen and oxygen atoms in total.